The molecule has 3 rings (SSSR count). The Balaban J connectivity index is 1.88. The lowest BCUT2D eigenvalue weighted by atomic mass is 9.87. The first kappa shape index (κ1) is 20.5. The van der Waals surface area contributed by atoms with Crippen molar-refractivity contribution >= 4 is 11.6 Å². The second kappa shape index (κ2) is 9.78. The van der Waals surface area contributed by atoms with Crippen LogP contribution in [-0.4, -0.2) is 19.1 Å². The Labute approximate surface area is 172 Å². The number of amides is 1. The Morgan fingerprint density at radius 3 is 2.21 bits per heavy atom. The molecule has 1 atom stereocenters. The van der Waals surface area contributed by atoms with Crippen molar-refractivity contribution in [2.24, 2.45) is 0 Å². The lowest BCUT2D eigenvalue weighted by Gasteiger charge is -2.21. The Morgan fingerprint density at radius 2 is 1.55 bits per heavy atom. The summed E-state index contributed by atoms with van der Waals surface area (Å²) in [5.41, 5.74) is 2.81. The summed E-state index contributed by atoms with van der Waals surface area (Å²) in [7, 11) is 1.65. The molecule has 29 heavy (non-hydrogen) atoms. The highest BCUT2D eigenvalue weighted by Crippen LogP contribution is 2.35. The standard InChI is InChI=1S/C25H27NO3/c1-18(2)29-21-15-13-19(14-16-21)23(22-11-7-8-12-24(22)28-3)17-25(27)26-20-9-5-4-6-10-20/h4-16,18,23H,17H2,1-3H3,(H,26,27). The molecule has 0 spiro atoms. The fourth-order valence-corrected chi connectivity index (χ4v) is 3.33. The molecule has 0 saturated carbocycles. The summed E-state index contributed by atoms with van der Waals surface area (Å²) in [6.07, 6.45) is 0.419. The predicted octanol–water partition coefficient (Wildman–Crippen LogP) is 5.64. The topological polar surface area (TPSA) is 47.6 Å². The third-order valence-electron chi connectivity index (χ3n) is 4.62. The average molecular weight is 389 g/mol. The van der Waals surface area contributed by atoms with Gasteiger partial charge in [0.05, 0.1) is 13.2 Å². The zero-order valence-electron chi connectivity index (χ0n) is 17.1. The van der Waals surface area contributed by atoms with E-state index in [1.807, 2.05) is 92.7 Å². The van der Waals surface area contributed by atoms with Gasteiger partial charge < -0.3 is 14.8 Å². The van der Waals surface area contributed by atoms with Gasteiger partial charge in [-0.3, -0.25) is 4.79 Å². The average Bonchev–Trinajstić information content (AvgIpc) is 2.73. The third-order valence-corrected chi connectivity index (χ3v) is 4.62. The molecule has 150 valence electrons. The Bertz CT molecular complexity index is 920. The molecule has 0 saturated heterocycles. The highest BCUT2D eigenvalue weighted by atomic mass is 16.5. The Kier molecular flexibility index (Phi) is 6.90. The van der Waals surface area contributed by atoms with Gasteiger partial charge in [0.2, 0.25) is 5.91 Å². The first-order valence-electron chi connectivity index (χ1n) is 9.81. The van der Waals surface area contributed by atoms with E-state index in [1.165, 1.54) is 0 Å². The number of methoxy groups -OCH3 is 1. The van der Waals surface area contributed by atoms with Gasteiger partial charge in [-0.05, 0) is 49.7 Å². The summed E-state index contributed by atoms with van der Waals surface area (Å²) in [6, 6.07) is 25.3. The lowest BCUT2D eigenvalue weighted by Crippen LogP contribution is -2.17. The molecule has 0 fully saturated rings. The predicted molar refractivity (Wildman–Crippen MR) is 117 cm³/mol. The van der Waals surface area contributed by atoms with Crippen molar-refractivity contribution < 1.29 is 14.3 Å². The van der Waals surface area contributed by atoms with Crippen LogP contribution in [0.4, 0.5) is 5.69 Å². The molecular weight excluding hydrogens is 362 g/mol. The van der Waals surface area contributed by atoms with Crippen LogP contribution in [0.15, 0.2) is 78.9 Å². The van der Waals surface area contributed by atoms with Crippen LogP contribution in [0.2, 0.25) is 0 Å². The van der Waals surface area contributed by atoms with E-state index < -0.39 is 0 Å². The summed E-state index contributed by atoms with van der Waals surface area (Å²) in [5, 5.41) is 2.98. The van der Waals surface area contributed by atoms with E-state index in [9.17, 15) is 4.79 Å². The van der Waals surface area contributed by atoms with E-state index in [4.69, 9.17) is 9.47 Å². The van der Waals surface area contributed by atoms with Crippen molar-refractivity contribution in [3.63, 3.8) is 0 Å². The zero-order valence-corrected chi connectivity index (χ0v) is 17.1. The summed E-state index contributed by atoms with van der Waals surface area (Å²) < 4.78 is 11.3. The van der Waals surface area contributed by atoms with Crippen LogP contribution >= 0.6 is 0 Å². The molecule has 0 radical (unpaired) electrons. The van der Waals surface area contributed by atoms with Crippen LogP contribution in [0.5, 0.6) is 11.5 Å². The minimum absolute atomic E-state index is 0.0467. The SMILES string of the molecule is COc1ccccc1C(CC(=O)Nc1ccccc1)c1ccc(OC(C)C)cc1. The smallest absolute Gasteiger partial charge is 0.225 e. The number of anilines is 1. The van der Waals surface area contributed by atoms with Crippen LogP contribution < -0.4 is 14.8 Å². The first-order chi connectivity index (χ1) is 14.1. The van der Waals surface area contributed by atoms with Gasteiger partial charge in [-0.25, -0.2) is 0 Å². The van der Waals surface area contributed by atoms with Crippen molar-refractivity contribution in [2.75, 3.05) is 12.4 Å². The highest BCUT2D eigenvalue weighted by Gasteiger charge is 2.22. The van der Waals surface area contributed by atoms with Gasteiger partial charge in [-0.15, -0.1) is 0 Å². The fraction of sp³-hybridized carbons (Fsp3) is 0.240. The van der Waals surface area contributed by atoms with Crippen LogP contribution in [0.3, 0.4) is 0 Å². The van der Waals surface area contributed by atoms with Gasteiger partial charge in [-0.2, -0.15) is 0 Å². The molecule has 1 N–H and O–H groups in total. The van der Waals surface area contributed by atoms with E-state index in [2.05, 4.69) is 5.32 Å². The monoisotopic (exact) mass is 389 g/mol. The number of para-hydroxylation sites is 2. The van der Waals surface area contributed by atoms with Crippen molar-refractivity contribution in [1.82, 2.24) is 0 Å². The second-order valence-electron chi connectivity index (χ2n) is 7.15. The molecule has 4 heteroatoms. The minimum atomic E-state index is -0.136. The molecule has 0 heterocycles. The van der Waals surface area contributed by atoms with Gasteiger partial charge in [0.1, 0.15) is 11.5 Å². The summed E-state index contributed by atoms with van der Waals surface area (Å²) in [4.78, 5) is 12.8. The normalized spacial score (nSPS) is 11.7. The van der Waals surface area contributed by atoms with Crippen LogP contribution in [0.1, 0.15) is 37.3 Å². The largest absolute Gasteiger partial charge is 0.496 e. The van der Waals surface area contributed by atoms with E-state index in [0.29, 0.717) is 6.42 Å². The van der Waals surface area contributed by atoms with Crippen LogP contribution in [0.25, 0.3) is 0 Å². The number of carbonyl (C=O) groups excluding carboxylic acids is 1. The van der Waals surface area contributed by atoms with E-state index in [1.54, 1.807) is 7.11 Å². The number of hydrogen-bond donors (Lipinski definition) is 1. The van der Waals surface area contributed by atoms with E-state index >= 15 is 0 Å². The summed E-state index contributed by atoms with van der Waals surface area (Å²) in [6.45, 7) is 4.00. The summed E-state index contributed by atoms with van der Waals surface area (Å²) >= 11 is 0. The van der Waals surface area contributed by atoms with E-state index in [-0.39, 0.29) is 17.9 Å². The number of carbonyl (C=O) groups is 1. The lowest BCUT2D eigenvalue weighted by molar-refractivity contribution is -0.116. The fourth-order valence-electron chi connectivity index (χ4n) is 3.33. The molecule has 3 aromatic carbocycles. The number of rotatable bonds is 8. The number of benzene rings is 3. The first-order valence-corrected chi connectivity index (χ1v) is 9.81. The Hall–Kier alpha value is -3.27. The maximum absolute atomic E-state index is 12.8. The van der Waals surface area contributed by atoms with Crippen LogP contribution in [0, 0.1) is 0 Å². The molecular formula is C25H27NO3. The molecule has 1 amide bonds. The zero-order chi connectivity index (χ0) is 20.6. The van der Waals surface area contributed by atoms with E-state index in [0.717, 1.165) is 28.3 Å². The van der Waals surface area contributed by atoms with Gasteiger partial charge in [0.15, 0.2) is 0 Å². The third kappa shape index (κ3) is 5.61. The minimum Gasteiger partial charge on any atom is -0.496 e. The van der Waals surface area contributed by atoms with Crippen LogP contribution in [-0.2, 0) is 4.79 Å². The van der Waals surface area contributed by atoms with Crippen molar-refractivity contribution in [2.45, 2.75) is 32.3 Å². The van der Waals surface area contributed by atoms with Gasteiger partial charge >= 0.3 is 0 Å². The van der Waals surface area contributed by atoms with Crippen molar-refractivity contribution in [1.29, 1.82) is 0 Å². The molecule has 3 aromatic rings. The molecule has 0 aliphatic heterocycles. The number of ether oxygens (including phenoxy) is 2. The molecule has 0 aromatic heterocycles. The Morgan fingerprint density at radius 1 is 0.897 bits per heavy atom. The van der Waals surface area contributed by atoms with Gasteiger partial charge in [0, 0.05) is 23.6 Å². The van der Waals surface area contributed by atoms with Crippen molar-refractivity contribution in [3.05, 3.63) is 90.0 Å². The molecule has 0 bridgehead atoms. The summed E-state index contributed by atoms with van der Waals surface area (Å²) in [5.74, 6) is 1.40. The quantitative estimate of drug-likeness (QED) is 0.542. The molecule has 0 aliphatic rings. The highest BCUT2D eigenvalue weighted by molar-refractivity contribution is 5.91. The molecule has 0 aliphatic carbocycles. The number of hydrogen-bond acceptors (Lipinski definition) is 3. The van der Waals surface area contributed by atoms with Crippen molar-refractivity contribution in [3.8, 4) is 11.5 Å². The van der Waals surface area contributed by atoms with Gasteiger partial charge in [-0.1, -0.05) is 48.5 Å². The molecule has 1 unspecified atom stereocenters. The maximum Gasteiger partial charge on any atom is 0.225 e. The molecule has 4 nitrogen and oxygen atoms in total. The maximum atomic E-state index is 12.8. The van der Waals surface area contributed by atoms with Gasteiger partial charge in [0.25, 0.3) is 0 Å². The second-order valence-corrected chi connectivity index (χ2v) is 7.15. The number of nitrogens with one attached hydrogen (secondary N) is 1.